The van der Waals surface area contributed by atoms with Gasteiger partial charge in [-0.05, 0) is 50.9 Å². The van der Waals surface area contributed by atoms with E-state index in [2.05, 4.69) is 13.0 Å². The molecule has 1 saturated heterocycles. The molecular weight excluding hydrogens is 300 g/mol. The lowest BCUT2D eigenvalue weighted by molar-refractivity contribution is -0.228. The monoisotopic (exact) mass is 330 g/mol. The molecule has 3 nitrogen and oxygen atoms in total. The van der Waals surface area contributed by atoms with E-state index in [4.69, 9.17) is 14.2 Å². The maximum absolute atomic E-state index is 6.21. The normalized spacial score (nSPS) is 43.4. The minimum absolute atomic E-state index is 0.174. The standard InChI is InChI=1S/C21H30O3/c1-20-9-7-17-16-6-4-15(22-2)13-14(16)3-5-18(17)19(20)8-10-21(20)23-11-12-24-21/h5,15,17,19H,3-4,6-13H2,1-2H3/t15?,17-,19+,20+/m1/s1. The Kier molecular flexibility index (Phi) is 3.53. The number of allylic oxidation sites excluding steroid dienone is 3. The SMILES string of the molecule is COC1CCC2=C(CC=C3[C@@H]2CC[C@@]2(C)[C@H]3CCC23OCCO3)C1. The van der Waals surface area contributed by atoms with E-state index in [1.807, 2.05) is 7.11 Å². The molecule has 0 radical (unpaired) electrons. The van der Waals surface area contributed by atoms with Gasteiger partial charge in [0.2, 0.25) is 0 Å². The molecule has 0 bridgehead atoms. The number of hydrogen-bond acceptors (Lipinski definition) is 3. The molecule has 2 saturated carbocycles. The minimum Gasteiger partial charge on any atom is -0.381 e. The van der Waals surface area contributed by atoms with Crippen LogP contribution in [0, 0.1) is 17.3 Å². The molecule has 4 aliphatic carbocycles. The van der Waals surface area contributed by atoms with E-state index in [1.165, 1.54) is 32.1 Å². The molecule has 1 heterocycles. The van der Waals surface area contributed by atoms with Crippen molar-refractivity contribution in [1.29, 1.82) is 0 Å². The van der Waals surface area contributed by atoms with E-state index in [0.717, 1.165) is 32.5 Å². The number of fused-ring (bicyclic) bond motifs is 5. The van der Waals surface area contributed by atoms with Crippen LogP contribution in [0.3, 0.4) is 0 Å². The third kappa shape index (κ3) is 1.95. The van der Waals surface area contributed by atoms with Crippen molar-refractivity contribution in [2.75, 3.05) is 20.3 Å². The third-order valence-electron chi connectivity index (χ3n) is 7.91. The Morgan fingerprint density at radius 3 is 2.75 bits per heavy atom. The van der Waals surface area contributed by atoms with Crippen LogP contribution in [0.4, 0.5) is 0 Å². The Morgan fingerprint density at radius 2 is 1.96 bits per heavy atom. The van der Waals surface area contributed by atoms with Gasteiger partial charge in [0.25, 0.3) is 0 Å². The fourth-order valence-electron chi connectivity index (χ4n) is 6.62. The lowest BCUT2D eigenvalue weighted by Gasteiger charge is -2.50. The molecule has 0 amide bonds. The average molecular weight is 330 g/mol. The Labute approximate surface area is 145 Å². The van der Waals surface area contributed by atoms with Crippen molar-refractivity contribution in [3.05, 3.63) is 22.8 Å². The molecule has 1 spiro atoms. The molecule has 5 aliphatic rings. The zero-order chi connectivity index (χ0) is 16.4. The van der Waals surface area contributed by atoms with Crippen molar-refractivity contribution in [3.8, 4) is 0 Å². The van der Waals surface area contributed by atoms with Crippen LogP contribution < -0.4 is 0 Å². The molecule has 0 aromatic rings. The molecule has 3 fully saturated rings. The Hall–Kier alpha value is -0.640. The number of ether oxygens (including phenoxy) is 3. The second-order valence-electron chi connectivity index (χ2n) is 8.69. The van der Waals surface area contributed by atoms with Crippen molar-refractivity contribution in [2.45, 2.75) is 70.2 Å². The summed E-state index contributed by atoms with van der Waals surface area (Å²) in [6.45, 7) is 4.00. The molecule has 5 rings (SSSR count). The van der Waals surface area contributed by atoms with Gasteiger partial charge in [0.15, 0.2) is 5.79 Å². The van der Waals surface area contributed by atoms with Gasteiger partial charge in [-0.25, -0.2) is 0 Å². The first-order valence-corrected chi connectivity index (χ1v) is 9.88. The molecular formula is C21H30O3. The molecule has 0 aromatic heterocycles. The number of rotatable bonds is 1. The average Bonchev–Trinajstić information content (AvgIpc) is 3.21. The largest absolute Gasteiger partial charge is 0.381 e. The van der Waals surface area contributed by atoms with Gasteiger partial charge in [0.05, 0.1) is 19.3 Å². The van der Waals surface area contributed by atoms with E-state index in [9.17, 15) is 0 Å². The molecule has 0 aromatic carbocycles. The maximum Gasteiger partial charge on any atom is 0.174 e. The van der Waals surface area contributed by atoms with Gasteiger partial charge in [-0.3, -0.25) is 0 Å². The lowest BCUT2D eigenvalue weighted by Crippen LogP contribution is -2.49. The van der Waals surface area contributed by atoms with Gasteiger partial charge in [0, 0.05) is 24.9 Å². The summed E-state index contributed by atoms with van der Waals surface area (Å²) in [6.07, 6.45) is 12.6. The topological polar surface area (TPSA) is 27.7 Å². The van der Waals surface area contributed by atoms with Gasteiger partial charge in [-0.1, -0.05) is 29.7 Å². The molecule has 132 valence electrons. The first-order valence-electron chi connectivity index (χ1n) is 9.88. The second kappa shape index (κ2) is 5.43. The van der Waals surface area contributed by atoms with Gasteiger partial charge in [-0.2, -0.15) is 0 Å². The summed E-state index contributed by atoms with van der Waals surface area (Å²) in [4.78, 5) is 0. The van der Waals surface area contributed by atoms with Crippen molar-refractivity contribution < 1.29 is 14.2 Å². The summed E-state index contributed by atoms with van der Waals surface area (Å²) < 4.78 is 18.1. The van der Waals surface area contributed by atoms with Crippen molar-refractivity contribution in [1.82, 2.24) is 0 Å². The molecule has 4 atom stereocenters. The van der Waals surface area contributed by atoms with Crippen LogP contribution in [0.25, 0.3) is 0 Å². The highest BCUT2D eigenvalue weighted by atomic mass is 16.7. The van der Waals surface area contributed by atoms with Crippen molar-refractivity contribution >= 4 is 0 Å². The van der Waals surface area contributed by atoms with Crippen LogP contribution >= 0.6 is 0 Å². The predicted octanol–water partition coefficient (Wildman–Crippen LogP) is 4.38. The van der Waals surface area contributed by atoms with Crippen LogP contribution in [-0.2, 0) is 14.2 Å². The quantitative estimate of drug-likeness (QED) is 0.668. The van der Waals surface area contributed by atoms with E-state index < -0.39 is 0 Å². The first kappa shape index (κ1) is 15.6. The second-order valence-corrected chi connectivity index (χ2v) is 8.69. The van der Waals surface area contributed by atoms with E-state index in [1.54, 1.807) is 16.7 Å². The van der Waals surface area contributed by atoms with E-state index in [0.29, 0.717) is 17.9 Å². The van der Waals surface area contributed by atoms with E-state index >= 15 is 0 Å². The predicted molar refractivity (Wildman–Crippen MR) is 92.6 cm³/mol. The van der Waals surface area contributed by atoms with Crippen LogP contribution in [-0.4, -0.2) is 32.2 Å². The van der Waals surface area contributed by atoms with Gasteiger partial charge in [0.1, 0.15) is 0 Å². The van der Waals surface area contributed by atoms with Crippen LogP contribution in [0.5, 0.6) is 0 Å². The first-order chi connectivity index (χ1) is 11.7. The number of hydrogen-bond donors (Lipinski definition) is 0. The Bertz CT molecular complexity index is 598. The fourth-order valence-corrected chi connectivity index (χ4v) is 6.62. The number of methoxy groups -OCH3 is 1. The highest BCUT2D eigenvalue weighted by Gasteiger charge is 2.63. The summed E-state index contributed by atoms with van der Waals surface area (Å²) in [5.74, 6) is 1.08. The molecule has 0 N–H and O–H groups in total. The van der Waals surface area contributed by atoms with Gasteiger partial charge < -0.3 is 14.2 Å². The Morgan fingerprint density at radius 1 is 1.12 bits per heavy atom. The molecule has 1 unspecified atom stereocenters. The summed E-state index contributed by atoms with van der Waals surface area (Å²) >= 11 is 0. The van der Waals surface area contributed by atoms with Crippen molar-refractivity contribution in [3.63, 3.8) is 0 Å². The summed E-state index contributed by atoms with van der Waals surface area (Å²) in [6, 6.07) is 0. The zero-order valence-corrected chi connectivity index (χ0v) is 15.1. The van der Waals surface area contributed by atoms with Crippen LogP contribution in [0.1, 0.15) is 58.3 Å². The maximum atomic E-state index is 6.21. The van der Waals surface area contributed by atoms with Gasteiger partial charge in [-0.15, -0.1) is 0 Å². The highest BCUT2D eigenvalue weighted by molar-refractivity contribution is 5.39. The smallest absolute Gasteiger partial charge is 0.174 e. The molecule has 1 aliphatic heterocycles. The third-order valence-corrected chi connectivity index (χ3v) is 7.91. The van der Waals surface area contributed by atoms with Crippen molar-refractivity contribution in [2.24, 2.45) is 17.3 Å². The van der Waals surface area contributed by atoms with Gasteiger partial charge >= 0.3 is 0 Å². The summed E-state index contributed by atoms with van der Waals surface area (Å²) in [5, 5.41) is 0. The fraction of sp³-hybridized carbons (Fsp3) is 0.810. The highest BCUT2D eigenvalue weighted by Crippen LogP contribution is 2.65. The van der Waals surface area contributed by atoms with E-state index in [-0.39, 0.29) is 11.2 Å². The van der Waals surface area contributed by atoms with Crippen LogP contribution in [0.15, 0.2) is 22.8 Å². The lowest BCUT2D eigenvalue weighted by atomic mass is 9.57. The molecule has 3 heteroatoms. The summed E-state index contributed by atoms with van der Waals surface area (Å²) in [7, 11) is 1.87. The zero-order valence-electron chi connectivity index (χ0n) is 15.1. The minimum atomic E-state index is -0.286. The summed E-state index contributed by atoms with van der Waals surface area (Å²) in [5.41, 5.74) is 5.37. The van der Waals surface area contributed by atoms with Crippen LogP contribution in [0.2, 0.25) is 0 Å². The molecule has 24 heavy (non-hydrogen) atoms. The Balaban J connectivity index is 1.45.